The summed E-state index contributed by atoms with van der Waals surface area (Å²) in [5.74, 6) is 1.63. The molecule has 0 spiro atoms. The van der Waals surface area contributed by atoms with Crippen LogP contribution in [-0.4, -0.2) is 47.4 Å². The molecule has 0 saturated heterocycles. The molecule has 0 aromatic heterocycles. The Labute approximate surface area is 232 Å². The van der Waals surface area contributed by atoms with Crippen LogP contribution in [0.1, 0.15) is 11.1 Å². The number of methoxy groups -OCH3 is 2. The Hall–Kier alpha value is -2.59. The molecule has 0 aliphatic rings. The highest BCUT2D eigenvalue weighted by molar-refractivity contribution is 7.98. The fraction of sp³-hybridized carbons (Fsp3) is 0.269. The Balaban J connectivity index is 1.72. The Morgan fingerprint density at radius 2 is 1.68 bits per heavy atom. The van der Waals surface area contributed by atoms with Crippen LogP contribution in [0.4, 0.5) is 5.69 Å². The number of aryl methyl sites for hydroxylation is 1. The van der Waals surface area contributed by atoms with E-state index in [4.69, 9.17) is 32.7 Å². The fourth-order valence-electron chi connectivity index (χ4n) is 3.40. The Morgan fingerprint density at radius 3 is 2.32 bits per heavy atom. The van der Waals surface area contributed by atoms with Crippen molar-refractivity contribution in [3.8, 4) is 11.5 Å². The first-order valence-corrected chi connectivity index (χ1v) is 14.6. The molecule has 0 unspecified atom stereocenters. The van der Waals surface area contributed by atoms with Crippen molar-refractivity contribution in [2.45, 2.75) is 17.6 Å². The number of halogens is 2. The summed E-state index contributed by atoms with van der Waals surface area (Å²) in [6.07, 6.45) is 0. The molecule has 3 rings (SSSR count). The van der Waals surface area contributed by atoms with Crippen molar-refractivity contribution in [1.82, 2.24) is 5.32 Å². The van der Waals surface area contributed by atoms with Crippen molar-refractivity contribution in [2.75, 3.05) is 37.4 Å². The van der Waals surface area contributed by atoms with Gasteiger partial charge in [0.05, 0.1) is 24.8 Å². The van der Waals surface area contributed by atoms with Gasteiger partial charge in [-0.05, 0) is 48.9 Å². The molecule has 7 nitrogen and oxygen atoms in total. The van der Waals surface area contributed by atoms with E-state index in [1.165, 1.54) is 32.4 Å². The zero-order valence-electron chi connectivity index (χ0n) is 20.7. The summed E-state index contributed by atoms with van der Waals surface area (Å²) in [6.45, 7) is 1.83. The number of nitrogens with zero attached hydrogens (tertiary/aromatic N) is 1. The Bertz CT molecular complexity index is 1340. The third-order valence-corrected chi connectivity index (χ3v) is 8.78. The maximum Gasteiger partial charge on any atom is 0.264 e. The zero-order chi connectivity index (χ0) is 27.0. The molecule has 11 heteroatoms. The molecule has 1 N–H and O–H groups in total. The van der Waals surface area contributed by atoms with E-state index < -0.39 is 22.5 Å². The maximum absolute atomic E-state index is 13.6. The molecular formula is C26H28Cl2N2O5S2. The highest BCUT2D eigenvalue weighted by Crippen LogP contribution is 2.34. The van der Waals surface area contributed by atoms with Crippen LogP contribution in [0, 0.1) is 6.92 Å². The molecule has 0 atom stereocenters. The molecule has 0 heterocycles. The zero-order valence-corrected chi connectivity index (χ0v) is 23.8. The second kappa shape index (κ2) is 13.3. The van der Waals surface area contributed by atoms with Crippen molar-refractivity contribution in [2.24, 2.45) is 0 Å². The summed E-state index contributed by atoms with van der Waals surface area (Å²) >= 11 is 13.7. The van der Waals surface area contributed by atoms with Gasteiger partial charge in [0.25, 0.3) is 10.0 Å². The van der Waals surface area contributed by atoms with Crippen LogP contribution >= 0.6 is 35.0 Å². The molecule has 3 aromatic carbocycles. The van der Waals surface area contributed by atoms with Crippen molar-refractivity contribution in [1.29, 1.82) is 0 Å². The molecule has 1 amide bonds. The van der Waals surface area contributed by atoms with Crippen molar-refractivity contribution < 1.29 is 22.7 Å². The minimum absolute atomic E-state index is 0.0797. The third kappa shape index (κ3) is 7.70. The van der Waals surface area contributed by atoms with Gasteiger partial charge in [0.1, 0.15) is 6.54 Å². The van der Waals surface area contributed by atoms with E-state index >= 15 is 0 Å². The largest absolute Gasteiger partial charge is 0.493 e. The number of carbonyl (C=O) groups is 1. The van der Waals surface area contributed by atoms with Crippen LogP contribution in [0.15, 0.2) is 65.6 Å². The molecule has 3 aromatic rings. The van der Waals surface area contributed by atoms with Gasteiger partial charge >= 0.3 is 0 Å². The van der Waals surface area contributed by atoms with Crippen LogP contribution in [0.3, 0.4) is 0 Å². The van der Waals surface area contributed by atoms with Gasteiger partial charge in [0, 0.05) is 34.2 Å². The second-order valence-electron chi connectivity index (χ2n) is 8.00. The molecule has 198 valence electrons. The number of thioether (sulfide) groups is 1. The standard InChI is InChI=1S/C26H28Cl2N2O5S2/c1-18-4-9-22(10-5-18)37(32,33)30(21-8-11-24(34-2)25(15-21)35-3)16-26(31)29-12-13-36-17-19-6-7-20(27)14-23(19)28/h4-11,14-15H,12-13,16-17H2,1-3H3,(H,29,31). The number of hydrogen-bond donors (Lipinski definition) is 1. The van der Waals surface area contributed by atoms with Crippen LogP contribution in [-0.2, 0) is 20.6 Å². The highest BCUT2D eigenvalue weighted by atomic mass is 35.5. The van der Waals surface area contributed by atoms with Crippen molar-refractivity contribution >= 4 is 56.6 Å². The predicted octanol–water partition coefficient (Wildman–Crippen LogP) is 5.56. The van der Waals surface area contributed by atoms with Crippen LogP contribution in [0.5, 0.6) is 11.5 Å². The SMILES string of the molecule is COc1ccc(N(CC(=O)NCCSCc2ccc(Cl)cc2Cl)S(=O)(=O)c2ccc(C)cc2)cc1OC. The number of carbonyl (C=O) groups excluding carboxylic acids is 1. The smallest absolute Gasteiger partial charge is 0.264 e. The summed E-state index contributed by atoms with van der Waals surface area (Å²) < 4.78 is 38.8. The first-order valence-electron chi connectivity index (χ1n) is 11.3. The normalized spacial score (nSPS) is 11.2. The summed E-state index contributed by atoms with van der Waals surface area (Å²) in [5.41, 5.74) is 2.15. The minimum atomic E-state index is -4.04. The molecule has 0 saturated carbocycles. The minimum Gasteiger partial charge on any atom is -0.493 e. The predicted molar refractivity (Wildman–Crippen MR) is 151 cm³/mol. The van der Waals surface area contributed by atoms with Gasteiger partial charge in [-0.25, -0.2) is 8.42 Å². The summed E-state index contributed by atoms with van der Waals surface area (Å²) in [5, 5.41) is 3.97. The average Bonchev–Trinajstić information content (AvgIpc) is 2.88. The Kier molecular flexibility index (Phi) is 10.4. The first kappa shape index (κ1) is 29.0. The molecule has 0 radical (unpaired) electrons. The fourth-order valence-corrected chi connectivity index (χ4v) is 6.23. The number of rotatable bonds is 12. The number of hydrogen-bond acceptors (Lipinski definition) is 6. The highest BCUT2D eigenvalue weighted by Gasteiger charge is 2.28. The second-order valence-corrected chi connectivity index (χ2v) is 11.8. The van der Waals surface area contributed by atoms with Gasteiger partial charge in [0.15, 0.2) is 11.5 Å². The van der Waals surface area contributed by atoms with Gasteiger partial charge < -0.3 is 14.8 Å². The van der Waals surface area contributed by atoms with E-state index in [2.05, 4.69) is 5.32 Å². The Morgan fingerprint density at radius 1 is 0.973 bits per heavy atom. The summed E-state index contributed by atoms with van der Waals surface area (Å²) in [7, 11) is -1.09. The monoisotopic (exact) mass is 582 g/mol. The molecule has 0 aliphatic heterocycles. The van der Waals surface area contributed by atoms with E-state index in [1.54, 1.807) is 48.2 Å². The lowest BCUT2D eigenvalue weighted by molar-refractivity contribution is -0.119. The number of nitrogens with one attached hydrogen (secondary N) is 1. The van der Waals surface area contributed by atoms with Gasteiger partial charge in [-0.2, -0.15) is 11.8 Å². The molecule has 0 fully saturated rings. The number of sulfonamides is 1. The van der Waals surface area contributed by atoms with Gasteiger partial charge in [-0.3, -0.25) is 9.10 Å². The topological polar surface area (TPSA) is 84.9 Å². The van der Waals surface area contributed by atoms with Crippen molar-refractivity contribution in [3.05, 3.63) is 81.8 Å². The summed E-state index contributed by atoms with van der Waals surface area (Å²) in [6, 6.07) is 16.5. The van der Waals surface area contributed by atoms with E-state index in [0.29, 0.717) is 39.6 Å². The summed E-state index contributed by atoms with van der Waals surface area (Å²) in [4.78, 5) is 12.9. The number of ether oxygens (including phenoxy) is 2. The molecule has 37 heavy (non-hydrogen) atoms. The lowest BCUT2D eigenvalue weighted by Crippen LogP contribution is -2.41. The third-order valence-electron chi connectivity index (χ3n) is 5.39. The van der Waals surface area contributed by atoms with Crippen LogP contribution in [0.25, 0.3) is 0 Å². The van der Waals surface area contributed by atoms with Crippen molar-refractivity contribution in [3.63, 3.8) is 0 Å². The maximum atomic E-state index is 13.6. The van der Waals surface area contributed by atoms with Crippen LogP contribution in [0.2, 0.25) is 10.0 Å². The van der Waals surface area contributed by atoms with Gasteiger partial charge in [-0.15, -0.1) is 0 Å². The van der Waals surface area contributed by atoms with E-state index in [1.807, 2.05) is 13.0 Å². The lowest BCUT2D eigenvalue weighted by atomic mass is 10.2. The van der Waals surface area contributed by atoms with E-state index in [0.717, 1.165) is 15.4 Å². The van der Waals surface area contributed by atoms with Gasteiger partial charge in [-0.1, -0.05) is 47.0 Å². The van der Waals surface area contributed by atoms with Gasteiger partial charge in [0.2, 0.25) is 5.91 Å². The number of amides is 1. The van der Waals surface area contributed by atoms with E-state index in [9.17, 15) is 13.2 Å². The van der Waals surface area contributed by atoms with E-state index in [-0.39, 0.29) is 10.6 Å². The molecule has 0 bridgehead atoms. The number of benzene rings is 3. The number of anilines is 1. The molecule has 0 aliphatic carbocycles. The quantitative estimate of drug-likeness (QED) is 0.281. The first-order chi connectivity index (χ1) is 17.6. The molecular weight excluding hydrogens is 555 g/mol. The lowest BCUT2D eigenvalue weighted by Gasteiger charge is -2.25. The average molecular weight is 584 g/mol. The van der Waals surface area contributed by atoms with Crippen LogP contribution < -0.4 is 19.1 Å².